The Balaban J connectivity index is 1.49. The van der Waals surface area contributed by atoms with Crippen LogP contribution in [-0.2, 0) is 9.59 Å². The lowest BCUT2D eigenvalue weighted by atomic mass is 10.1. The van der Waals surface area contributed by atoms with Gasteiger partial charge in [0, 0.05) is 21.8 Å². The van der Waals surface area contributed by atoms with Gasteiger partial charge >= 0.3 is 0 Å². The monoisotopic (exact) mass is 563 g/mol. The molecule has 4 aromatic carbocycles. The topological polar surface area (TPSA) is 87.3 Å². The molecule has 0 saturated heterocycles. The Morgan fingerprint density at radius 3 is 2.15 bits per heavy atom. The fourth-order valence-corrected chi connectivity index (χ4v) is 5.14. The summed E-state index contributed by atoms with van der Waals surface area (Å²) in [5.74, 6) is -0.944. The van der Waals surface area contributed by atoms with Crippen molar-refractivity contribution in [2.24, 2.45) is 0 Å². The SMILES string of the molecule is Cc1cccc(/C=C(/NC(=O)c2ccccc2)C(=O)Nc2cccc(SC(C)C(=O)Nc3c(C)cccc3C)c2)c1. The summed E-state index contributed by atoms with van der Waals surface area (Å²) in [6.07, 6.45) is 1.65. The fraction of sp³-hybridized carbons (Fsp3) is 0.147. The fourth-order valence-electron chi connectivity index (χ4n) is 4.21. The van der Waals surface area contributed by atoms with Crippen LogP contribution in [0.1, 0.15) is 39.5 Å². The van der Waals surface area contributed by atoms with E-state index in [0.717, 1.165) is 32.8 Å². The molecule has 0 aliphatic rings. The highest BCUT2D eigenvalue weighted by Gasteiger charge is 2.18. The summed E-state index contributed by atoms with van der Waals surface area (Å²) in [6, 6.07) is 29.6. The number of thioether (sulfide) groups is 1. The Hall–Kier alpha value is -4.62. The first-order valence-electron chi connectivity index (χ1n) is 13.3. The van der Waals surface area contributed by atoms with Crippen LogP contribution in [-0.4, -0.2) is 23.0 Å². The average molecular weight is 564 g/mol. The maximum Gasteiger partial charge on any atom is 0.272 e. The predicted octanol–water partition coefficient (Wildman–Crippen LogP) is 7.14. The van der Waals surface area contributed by atoms with Gasteiger partial charge < -0.3 is 16.0 Å². The van der Waals surface area contributed by atoms with Gasteiger partial charge in [-0.2, -0.15) is 0 Å². The molecule has 4 aromatic rings. The number of hydrogen-bond acceptors (Lipinski definition) is 4. The van der Waals surface area contributed by atoms with Gasteiger partial charge in [-0.25, -0.2) is 0 Å². The van der Waals surface area contributed by atoms with Crippen molar-refractivity contribution in [1.29, 1.82) is 0 Å². The molecule has 0 heterocycles. The molecule has 7 heteroatoms. The summed E-state index contributed by atoms with van der Waals surface area (Å²) in [5.41, 5.74) is 5.78. The summed E-state index contributed by atoms with van der Waals surface area (Å²) >= 11 is 1.40. The molecule has 4 rings (SSSR count). The van der Waals surface area contributed by atoms with Gasteiger partial charge in [0.1, 0.15) is 5.70 Å². The number of anilines is 2. The Morgan fingerprint density at radius 1 is 0.756 bits per heavy atom. The quantitative estimate of drug-likeness (QED) is 0.149. The summed E-state index contributed by atoms with van der Waals surface area (Å²) in [5, 5.41) is 8.33. The first-order valence-corrected chi connectivity index (χ1v) is 14.2. The maximum atomic E-state index is 13.4. The van der Waals surface area contributed by atoms with Crippen LogP contribution < -0.4 is 16.0 Å². The van der Waals surface area contributed by atoms with Gasteiger partial charge in [-0.15, -0.1) is 11.8 Å². The first kappa shape index (κ1) is 29.4. The van der Waals surface area contributed by atoms with E-state index in [4.69, 9.17) is 0 Å². The van der Waals surface area contributed by atoms with Crippen LogP contribution >= 0.6 is 11.8 Å². The number of benzene rings is 4. The van der Waals surface area contributed by atoms with Crippen LogP contribution in [0.2, 0.25) is 0 Å². The van der Waals surface area contributed by atoms with E-state index < -0.39 is 5.91 Å². The minimum atomic E-state index is -0.459. The van der Waals surface area contributed by atoms with Crippen molar-refractivity contribution in [2.45, 2.75) is 37.8 Å². The zero-order chi connectivity index (χ0) is 29.4. The van der Waals surface area contributed by atoms with Gasteiger partial charge in [-0.3, -0.25) is 14.4 Å². The van der Waals surface area contributed by atoms with Gasteiger partial charge in [-0.05, 0) is 80.8 Å². The van der Waals surface area contributed by atoms with Crippen molar-refractivity contribution < 1.29 is 14.4 Å². The largest absolute Gasteiger partial charge is 0.325 e. The van der Waals surface area contributed by atoms with Crippen LogP contribution in [0, 0.1) is 20.8 Å². The summed E-state index contributed by atoms with van der Waals surface area (Å²) in [4.78, 5) is 40.1. The smallest absolute Gasteiger partial charge is 0.272 e. The molecule has 1 atom stereocenters. The molecule has 0 bridgehead atoms. The number of carbonyl (C=O) groups is 3. The third kappa shape index (κ3) is 8.19. The number of carbonyl (C=O) groups excluding carboxylic acids is 3. The molecule has 208 valence electrons. The second kappa shape index (κ2) is 13.6. The van der Waals surface area contributed by atoms with Crippen LogP contribution in [0.4, 0.5) is 11.4 Å². The van der Waals surface area contributed by atoms with E-state index in [0.29, 0.717) is 11.3 Å². The molecule has 0 aromatic heterocycles. The van der Waals surface area contributed by atoms with Crippen LogP contribution in [0.15, 0.2) is 108 Å². The zero-order valence-corrected chi connectivity index (χ0v) is 24.3. The van der Waals surface area contributed by atoms with Gasteiger partial charge in [0.25, 0.3) is 11.8 Å². The highest BCUT2D eigenvalue weighted by molar-refractivity contribution is 8.00. The lowest BCUT2D eigenvalue weighted by Crippen LogP contribution is -2.30. The van der Waals surface area contributed by atoms with E-state index in [1.54, 1.807) is 36.4 Å². The molecular formula is C34H33N3O3S. The van der Waals surface area contributed by atoms with Gasteiger partial charge in [-0.1, -0.05) is 72.3 Å². The third-order valence-electron chi connectivity index (χ3n) is 6.39. The van der Waals surface area contributed by atoms with Crippen molar-refractivity contribution in [3.8, 4) is 0 Å². The van der Waals surface area contributed by atoms with Crippen LogP contribution in [0.25, 0.3) is 6.08 Å². The Labute approximate surface area is 245 Å². The predicted molar refractivity (Wildman–Crippen MR) is 168 cm³/mol. The van der Waals surface area contributed by atoms with Crippen molar-refractivity contribution in [3.63, 3.8) is 0 Å². The second-order valence-corrected chi connectivity index (χ2v) is 11.2. The van der Waals surface area contributed by atoms with E-state index in [1.807, 2.05) is 94.4 Å². The third-order valence-corrected chi connectivity index (χ3v) is 7.48. The number of para-hydroxylation sites is 1. The van der Waals surface area contributed by atoms with Crippen molar-refractivity contribution >= 4 is 46.9 Å². The molecule has 0 fully saturated rings. The number of amides is 3. The highest BCUT2D eigenvalue weighted by Crippen LogP contribution is 2.28. The molecule has 0 spiro atoms. The number of aryl methyl sites for hydroxylation is 3. The first-order chi connectivity index (χ1) is 19.7. The summed E-state index contributed by atoms with van der Waals surface area (Å²) in [7, 11) is 0. The van der Waals surface area contributed by atoms with E-state index in [2.05, 4.69) is 16.0 Å². The molecule has 0 radical (unpaired) electrons. The van der Waals surface area contributed by atoms with Crippen molar-refractivity contribution in [1.82, 2.24) is 5.32 Å². The number of hydrogen-bond donors (Lipinski definition) is 3. The Kier molecular flexibility index (Phi) is 9.77. The van der Waals surface area contributed by atoms with Crippen molar-refractivity contribution in [3.05, 3.63) is 131 Å². The van der Waals surface area contributed by atoms with Crippen molar-refractivity contribution in [2.75, 3.05) is 10.6 Å². The standard InChI is InChI=1S/C34H33N3O3S/c1-22-11-8-14-26(19-22)20-30(36-33(39)27-15-6-5-7-16-27)34(40)35-28-17-10-18-29(21-28)41-25(4)32(38)37-31-23(2)12-9-13-24(31)3/h5-21,25H,1-4H3,(H,35,40)(H,36,39)(H,37,38)/b30-20+. The molecule has 3 amide bonds. The van der Waals surface area contributed by atoms with E-state index >= 15 is 0 Å². The molecule has 0 saturated carbocycles. The van der Waals surface area contributed by atoms with Crippen LogP contribution in [0.3, 0.4) is 0 Å². The minimum Gasteiger partial charge on any atom is -0.325 e. The van der Waals surface area contributed by atoms with Gasteiger partial charge in [0.15, 0.2) is 0 Å². The minimum absolute atomic E-state index is 0.103. The average Bonchev–Trinajstić information content (AvgIpc) is 2.95. The Morgan fingerprint density at radius 2 is 1.44 bits per heavy atom. The molecule has 3 N–H and O–H groups in total. The lowest BCUT2D eigenvalue weighted by Gasteiger charge is -2.16. The van der Waals surface area contributed by atoms with E-state index in [-0.39, 0.29) is 22.8 Å². The van der Waals surface area contributed by atoms with E-state index in [1.165, 1.54) is 11.8 Å². The van der Waals surface area contributed by atoms with Gasteiger partial charge in [0.2, 0.25) is 5.91 Å². The Bertz CT molecular complexity index is 1580. The second-order valence-electron chi connectivity index (χ2n) is 9.79. The molecule has 0 aliphatic heterocycles. The molecular weight excluding hydrogens is 530 g/mol. The zero-order valence-electron chi connectivity index (χ0n) is 23.5. The number of nitrogens with one attached hydrogen (secondary N) is 3. The summed E-state index contributed by atoms with van der Waals surface area (Å²) in [6.45, 7) is 7.75. The summed E-state index contributed by atoms with van der Waals surface area (Å²) < 4.78 is 0. The molecule has 0 aliphatic carbocycles. The maximum absolute atomic E-state index is 13.4. The highest BCUT2D eigenvalue weighted by atomic mass is 32.2. The van der Waals surface area contributed by atoms with E-state index in [9.17, 15) is 14.4 Å². The van der Waals surface area contributed by atoms with Crippen LogP contribution in [0.5, 0.6) is 0 Å². The molecule has 1 unspecified atom stereocenters. The molecule has 41 heavy (non-hydrogen) atoms. The number of rotatable bonds is 9. The molecule has 6 nitrogen and oxygen atoms in total. The lowest BCUT2D eigenvalue weighted by molar-refractivity contribution is -0.115. The normalized spacial score (nSPS) is 11.9. The van der Waals surface area contributed by atoms with Gasteiger partial charge in [0.05, 0.1) is 5.25 Å².